The third-order valence-corrected chi connectivity index (χ3v) is 2.46. The summed E-state index contributed by atoms with van der Waals surface area (Å²) < 4.78 is 7.82. The third kappa shape index (κ3) is 2.44. The predicted octanol–water partition coefficient (Wildman–Crippen LogP) is 1.67. The zero-order chi connectivity index (χ0) is 10.7. The van der Waals surface area contributed by atoms with Gasteiger partial charge in [0.25, 0.3) is 0 Å². The van der Waals surface area contributed by atoms with E-state index in [2.05, 4.69) is 13.7 Å². The highest BCUT2D eigenvalue weighted by Crippen LogP contribution is 2.04. The highest BCUT2D eigenvalue weighted by Gasteiger charge is 2.09. The summed E-state index contributed by atoms with van der Waals surface area (Å²) >= 11 is 1.11. The number of Topliss-reactive ketones (excluding diaryl/α,β-unsaturated/α-hetero) is 1. The minimum atomic E-state index is -0.0253. The van der Waals surface area contributed by atoms with E-state index in [1.54, 1.807) is 18.5 Å². The number of rotatable bonds is 3. The molecule has 0 aliphatic carbocycles. The maximum atomic E-state index is 11.7. The van der Waals surface area contributed by atoms with Crippen LogP contribution in [0.4, 0.5) is 0 Å². The molecule has 0 bridgehead atoms. The second kappa shape index (κ2) is 4.27. The zero-order valence-electron chi connectivity index (χ0n) is 8.17. The predicted molar refractivity (Wildman–Crippen MR) is 56.9 cm³/mol. The van der Waals surface area contributed by atoms with E-state index >= 15 is 0 Å². The summed E-state index contributed by atoms with van der Waals surface area (Å²) in [5.41, 5.74) is 2.22. The molecule has 0 N–H and O–H groups in total. The quantitative estimate of drug-likeness (QED) is 0.737. The van der Waals surface area contributed by atoms with Crippen molar-refractivity contribution >= 4 is 17.5 Å². The number of carbonyl (C=O) groups excluding carboxylic acids is 1. The van der Waals surface area contributed by atoms with Crippen molar-refractivity contribution in [3.05, 3.63) is 41.5 Å². The second-order valence-corrected chi connectivity index (χ2v) is 3.78. The highest BCUT2D eigenvalue weighted by molar-refractivity contribution is 6.99. The molecule has 0 saturated carbocycles. The van der Waals surface area contributed by atoms with Gasteiger partial charge >= 0.3 is 0 Å². The SMILES string of the molecule is Cc1ccc(C(=O)Cc2cnsn2)nc1. The molecule has 0 spiro atoms. The van der Waals surface area contributed by atoms with E-state index in [1.807, 2.05) is 13.0 Å². The lowest BCUT2D eigenvalue weighted by atomic mass is 10.1. The van der Waals surface area contributed by atoms with Gasteiger partial charge in [-0.1, -0.05) is 6.07 Å². The number of carbonyl (C=O) groups is 1. The molecule has 0 fully saturated rings. The molecule has 0 aliphatic heterocycles. The van der Waals surface area contributed by atoms with Crippen molar-refractivity contribution in [3.63, 3.8) is 0 Å². The van der Waals surface area contributed by atoms with Crippen LogP contribution in [0.3, 0.4) is 0 Å². The highest BCUT2D eigenvalue weighted by atomic mass is 32.1. The molecule has 0 aromatic carbocycles. The summed E-state index contributed by atoms with van der Waals surface area (Å²) in [5.74, 6) is -0.0253. The fourth-order valence-electron chi connectivity index (χ4n) is 1.15. The van der Waals surface area contributed by atoms with Crippen LogP contribution < -0.4 is 0 Å². The van der Waals surface area contributed by atoms with E-state index in [0.717, 1.165) is 17.3 Å². The van der Waals surface area contributed by atoms with Crippen LogP contribution in [0.1, 0.15) is 21.7 Å². The fraction of sp³-hybridized carbons (Fsp3) is 0.200. The van der Waals surface area contributed by atoms with Gasteiger partial charge in [-0.3, -0.25) is 9.78 Å². The van der Waals surface area contributed by atoms with Gasteiger partial charge in [0.05, 0.1) is 30.0 Å². The number of hydrogen-bond donors (Lipinski definition) is 0. The number of pyridine rings is 1. The van der Waals surface area contributed by atoms with E-state index in [-0.39, 0.29) is 12.2 Å². The summed E-state index contributed by atoms with van der Waals surface area (Å²) in [6.07, 6.45) is 3.57. The van der Waals surface area contributed by atoms with Crippen molar-refractivity contribution in [2.45, 2.75) is 13.3 Å². The van der Waals surface area contributed by atoms with E-state index in [4.69, 9.17) is 0 Å². The molecule has 15 heavy (non-hydrogen) atoms. The number of ketones is 1. The van der Waals surface area contributed by atoms with Crippen LogP contribution in [-0.2, 0) is 6.42 Å². The molecular formula is C10H9N3OS. The Morgan fingerprint density at radius 1 is 1.40 bits per heavy atom. The van der Waals surface area contributed by atoms with Crippen molar-refractivity contribution in [2.75, 3.05) is 0 Å². The number of hydrogen-bond acceptors (Lipinski definition) is 5. The Morgan fingerprint density at radius 3 is 2.87 bits per heavy atom. The fourth-order valence-corrected chi connectivity index (χ4v) is 1.58. The third-order valence-electron chi connectivity index (χ3n) is 1.95. The molecule has 0 radical (unpaired) electrons. The molecular weight excluding hydrogens is 210 g/mol. The van der Waals surface area contributed by atoms with Crippen LogP contribution in [0.2, 0.25) is 0 Å². The first-order valence-electron chi connectivity index (χ1n) is 4.48. The molecule has 2 aromatic heterocycles. The number of aromatic nitrogens is 3. The Bertz CT molecular complexity index is 450. The average molecular weight is 219 g/mol. The van der Waals surface area contributed by atoms with E-state index in [9.17, 15) is 4.79 Å². The second-order valence-electron chi connectivity index (χ2n) is 3.22. The lowest BCUT2D eigenvalue weighted by molar-refractivity contribution is 0.0987. The molecule has 0 unspecified atom stereocenters. The van der Waals surface area contributed by atoms with Gasteiger partial charge in [0.2, 0.25) is 0 Å². The largest absolute Gasteiger partial charge is 0.292 e. The molecule has 0 aliphatic rings. The first kappa shape index (κ1) is 9.92. The van der Waals surface area contributed by atoms with E-state index in [1.165, 1.54) is 0 Å². The van der Waals surface area contributed by atoms with Crippen LogP contribution in [0.25, 0.3) is 0 Å². The van der Waals surface area contributed by atoms with Crippen molar-refractivity contribution in [2.24, 2.45) is 0 Å². The van der Waals surface area contributed by atoms with Crippen molar-refractivity contribution in [1.82, 2.24) is 13.7 Å². The minimum Gasteiger partial charge on any atom is -0.292 e. The average Bonchev–Trinajstić information content (AvgIpc) is 2.71. The summed E-state index contributed by atoms with van der Waals surface area (Å²) in [5, 5.41) is 0. The van der Waals surface area contributed by atoms with Gasteiger partial charge in [-0.05, 0) is 18.6 Å². The Labute approximate surface area is 91.3 Å². The Kier molecular flexibility index (Phi) is 2.82. The molecule has 0 saturated heterocycles. The lowest BCUT2D eigenvalue weighted by Gasteiger charge is -1.97. The van der Waals surface area contributed by atoms with Crippen LogP contribution in [0, 0.1) is 6.92 Å². The maximum absolute atomic E-state index is 11.7. The lowest BCUT2D eigenvalue weighted by Crippen LogP contribution is -2.05. The Hall–Kier alpha value is -1.62. The Balaban J connectivity index is 2.11. The van der Waals surface area contributed by atoms with Crippen molar-refractivity contribution in [1.29, 1.82) is 0 Å². The van der Waals surface area contributed by atoms with Gasteiger partial charge in [-0.15, -0.1) is 0 Å². The van der Waals surface area contributed by atoms with Gasteiger partial charge < -0.3 is 0 Å². The summed E-state index contributed by atoms with van der Waals surface area (Å²) in [4.78, 5) is 15.8. The normalized spacial score (nSPS) is 10.2. The molecule has 2 rings (SSSR count). The van der Waals surface area contributed by atoms with E-state index < -0.39 is 0 Å². The zero-order valence-corrected chi connectivity index (χ0v) is 8.99. The van der Waals surface area contributed by atoms with Crippen LogP contribution in [-0.4, -0.2) is 19.5 Å². The molecule has 76 valence electrons. The van der Waals surface area contributed by atoms with Gasteiger partial charge in [0.1, 0.15) is 5.69 Å². The molecule has 4 nitrogen and oxygen atoms in total. The minimum absolute atomic E-state index is 0.0253. The van der Waals surface area contributed by atoms with Crippen LogP contribution >= 0.6 is 11.7 Å². The summed E-state index contributed by atoms with van der Waals surface area (Å²) in [7, 11) is 0. The summed E-state index contributed by atoms with van der Waals surface area (Å²) in [6.45, 7) is 1.94. The first-order valence-corrected chi connectivity index (χ1v) is 5.21. The van der Waals surface area contributed by atoms with Crippen LogP contribution in [0.15, 0.2) is 24.5 Å². The first-order chi connectivity index (χ1) is 7.25. The number of aryl methyl sites for hydroxylation is 1. The topological polar surface area (TPSA) is 55.7 Å². The van der Waals surface area contributed by atoms with Crippen molar-refractivity contribution in [3.8, 4) is 0 Å². The monoisotopic (exact) mass is 219 g/mol. The maximum Gasteiger partial charge on any atom is 0.187 e. The molecule has 2 aromatic rings. The molecule has 0 amide bonds. The molecule has 5 heteroatoms. The van der Waals surface area contributed by atoms with Gasteiger partial charge in [0.15, 0.2) is 5.78 Å². The molecule has 2 heterocycles. The molecule has 0 atom stereocenters. The van der Waals surface area contributed by atoms with E-state index in [0.29, 0.717) is 11.4 Å². The van der Waals surface area contributed by atoms with Gasteiger partial charge in [-0.25, -0.2) is 0 Å². The van der Waals surface area contributed by atoms with Crippen molar-refractivity contribution < 1.29 is 4.79 Å². The summed E-state index contributed by atoms with van der Waals surface area (Å²) in [6, 6.07) is 3.61. The smallest absolute Gasteiger partial charge is 0.187 e. The standard InChI is InChI=1S/C10H9N3OS/c1-7-2-3-9(11-5-7)10(14)4-8-6-12-15-13-8/h2-3,5-6H,4H2,1H3. The Morgan fingerprint density at radius 2 is 2.27 bits per heavy atom. The van der Waals surface area contributed by atoms with Gasteiger partial charge in [0, 0.05) is 6.20 Å². The van der Waals surface area contributed by atoms with Crippen LogP contribution in [0.5, 0.6) is 0 Å². The van der Waals surface area contributed by atoms with Gasteiger partial charge in [-0.2, -0.15) is 8.75 Å². The number of nitrogens with zero attached hydrogens (tertiary/aromatic N) is 3.